The molecule has 154 valence electrons. The average Bonchev–Trinajstić information content (AvgIpc) is 3.57. The second kappa shape index (κ2) is 8.48. The highest BCUT2D eigenvalue weighted by Gasteiger charge is 2.32. The standard InChI is InChI=1S/C26H23N3O2/c30-26(24-17-27-29(25(24)20-11-12-20)22-9-5-2-6-10-22)28-21-13-15-23(16-14-21)31-18-19-7-3-1-4-8-19/h1-10,13-17,20H,11-12,18H2,(H,28,30). The molecule has 1 aliphatic rings. The first-order valence-corrected chi connectivity index (χ1v) is 10.5. The van der Waals surface area contributed by atoms with E-state index in [0.29, 0.717) is 18.1 Å². The van der Waals surface area contributed by atoms with E-state index < -0.39 is 0 Å². The zero-order valence-electron chi connectivity index (χ0n) is 17.1. The van der Waals surface area contributed by atoms with E-state index in [2.05, 4.69) is 10.4 Å². The summed E-state index contributed by atoms with van der Waals surface area (Å²) in [6.07, 6.45) is 3.85. The minimum absolute atomic E-state index is 0.137. The van der Waals surface area contributed by atoms with Crippen LogP contribution in [0.25, 0.3) is 5.69 Å². The second-order valence-corrected chi connectivity index (χ2v) is 7.72. The smallest absolute Gasteiger partial charge is 0.259 e. The van der Waals surface area contributed by atoms with Crippen LogP contribution in [0, 0.1) is 0 Å². The number of hydrogen-bond acceptors (Lipinski definition) is 3. The average molecular weight is 409 g/mol. The van der Waals surface area contributed by atoms with E-state index >= 15 is 0 Å². The highest BCUT2D eigenvalue weighted by Crippen LogP contribution is 2.42. The zero-order valence-corrected chi connectivity index (χ0v) is 17.1. The number of para-hydroxylation sites is 1. The van der Waals surface area contributed by atoms with Crippen LogP contribution in [0.5, 0.6) is 5.75 Å². The number of anilines is 1. The van der Waals surface area contributed by atoms with Gasteiger partial charge in [0.15, 0.2) is 0 Å². The molecule has 0 saturated heterocycles. The fraction of sp³-hybridized carbons (Fsp3) is 0.154. The van der Waals surface area contributed by atoms with Crippen LogP contribution >= 0.6 is 0 Å². The number of nitrogens with one attached hydrogen (secondary N) is 1. The van der Waals surface area contributed by atoms with Crippen LogP contribution in [0.3, 0.4) is 0 Å². The molecule has 4 aromatic rings. The Balaban J connectivity index is 1.29. The number of aromatic nitrogens is 2. The predicted octanol–water partition coefficient (Wildman–Crippen LogP) is 5.58. The lowest BCUT2D eigenvalue weighted by atomic mass is 10.1. The summed E-state index contributed by atoms with van der Waals surface area (Å²) in [5.41, 5.74) is 4.44. The molecule has 0 aliphatic heterocycles. The third-order valence-electron chi connectivity index (χ3n) is 5.38. The predicted molar refractivity (Wildman–Crippen MR) is 121 cm³/mol. The fourth-order valence-corrected chi connectivity index (χ4v) is 3.63. The minimum atomic E-state index is -0.137. The molecule has 1 aliphatic carbocycles. The van der Waals surface area contributed by atoms with Gasteiger partial charge in [0, 0.05) is 11.6 Å². The molecule has 1 amide bonds. The van der Waals surface area contributed by atoms with Gasteiger partial charge in [-0.3, -0.25) is 4.79 Å². The van der Waals surface area contributed by atoms with Crippen LogP contribution in [0.4, 0.5) is 5.69 Å². The summed E-state index contributed by atoms with van der Waals surface area (Å²) in [4.78, 5) is 13.0. The lowest BCUT2D eigenvalue weighted by Crippen LogP contribution is -2.14. The Morgan fingerprint density at radius 1 is 0.935 bits per heavy atom. The fourth-order valence-electron chi connectivity index (χ4n) is 3.63. The van der Waals surface area contributed by atoms with Crippen molar-refractivity contribution >= 4 is 11.6 Å². The number of hydrogen-bond donors (Lipinski definition) is 1. The maximum Gasteiger partial charge on any atom is 0.259 e. The number of amides is 1. The van der Waals surface area contributed by atoms with Gasteiger partial charge in [0.25, 0.3) is 5.91 Å². The quantitative estimate of drug-likeness (QED) is 0.433. The number of ether oxygens (including phenoxy) is 1. The first-order chi connectivity index (χ1) is 15.3. The van der Waals surface area contributed by atoms with Crippen molar-refractivity contribution in [3.05, 3.63) is 108 Å². The highest BCUT2D eigenvalue weighted by molar-refractivity contribution is 6.05. The Kier molecular flexibility index (Phi) is 5.23. The summed E-state index contributed by atoms with van der Waals surface area (Å²) in [7, 11) is 0. The number of rotatable bonds is 7. The van der Waals surface area contributed by atoms with Crippen molar-refractivity contribution in [3.8, 4) is 11.4 Å². The van der Waals surface area contributed by atoms with E-state index in [1.807, 2.05) is 89.6 Å². The lowest BCUT2D eigenvalue weighted by molar-refractivity contribution is 0.102. The van der Waals surface area contributed by atoms with Crippen molar-refractivity contribution in [2.45, 2.75) is 25.4 Å². The van der Waals surface area contributed by atoms with Gasteiger partial charge >= 0.3 is 0 Å². The van der Waals surface area contributed by atoms with Crippen molar-refractivity contribution in [3.63, 3.8) is 0 Å². The lowest BCUT2D eigenvalue weighted by Gasteiger charge is -2.10. The summed E-state index contributed by atoms with van der Waals surface area (Å²) in [5, 5.41) is 7.51. The third-order valence-corrected chi connectivity index (χ3v) is 5.38. The Labute approximate surface area is 181 Å². The normalized spacial score (nSPS) is 13.0. The van der Waals surface area contributed by atoms with Crippen molar-refractivity contribution in [1.29, 1.82) is 0 Å². The molecule has 1 N–H and O–H groups in total. The number of benzene rings is 3. The largest absolute Gasteiger partial charge is 0.489 e. The molecule has 0 bridgehead atoms. The maximum absolute atomic E-state index is 13.0. The van der Waals surface area contributed by atoms with Gasteiger partial charge in [-0.15, -0.1) is 0 Å². The number of carbonyl (C=O) groups excluding carboxylic acids is 1. The molecule has 3 aromatic carbocycles. The Morgan fingerprint density at radius 2 is 1.61 bits per heavy atom. The first kappa shape index (κ1) is 19.1. The molecule has 1 fully saturated rings. The minimum Gasteiger partial charge on any atom is -0.489 e. The summed E-state index contributed by atoms with van der Waals surface area (Å²) in [6.45, 7) is 0.510. The SMILES string of the molecule is O=C(Nc1ccc(OCc2ccccc2)cc1)c1cnn(-c2ccccc2)c1C1CC1. The molecule has 0 unspecified atom stereocenters. The molecule has 0 spiro atoms. The second-order valence-electron chi connectivity index (χ2n) is 7.72. The van der Waals surface area contributed by atoms with E-state index in [4.69, 9.17) is 4.74 Å². The van der Waals surface area contributed by atoms with Crippen LogP contribution < -0.4 is 10.1 Å². The van der Waals surface area contributed by atoms with E-state index in [9.17, 15) is 4.79 Å². The highest BCUT2D eigenvalue weighted by atomic mass is 16.5. The molecule has 1 saturated carbocycles. The topological polar surface area (TPSA) is 56.1 Å². The van der Waals surface area contributed by atoms with Crippen molar-refractivity contribution < 1.29 is 9.53 Å². The van der Waals surface area contributed by atoms with Crippen LogP contribution in [0.15, 0.2) is 91.1 Å². The summed E-state index contributed by atoms with van der Waals surface area (Å²) < 4.78 is 7.72. The van der Waals surface area contributed by atoms with E-state index in [-0.39, 0.29) is 5.91 Å². The van der Waals surface area contributed by atoms with Crippen LogP contribution in [-0.4, -0.2) is 15.7 Å². The first-order valence-electron chi connectivity index (χ1n) is 10.5. The molecule has 5 nitrogen and oxygen atoms in total. The van der Waals surface area contributed by atoms with Gasteiger partial charge in [0.2, 0.25) is 0 Å². The summed E-state index contributed by atoms with van der Waals surface area (Å²) in [5.74, 6) is 1.01. The van der Waals surface area contributed by atoms with Crippen molar-refractivity contribution in [1.82, 2.24) is 9.78 Å². The number of carbonyl (C=O) groups is 1. The Bertz CT molecular complexity index is 1160. The molecule has 1 heterocycles. The van der Waals surface area contributed by atoms with Crippen LogP contribution in [-0.2, 0) is 6.61 Å². The molecule has 1 aromatic heterocycles. The third kappa shape index (κ3) is 4.36. The van der Waals surface area contributed by atoms with Gasteiger partial charge in [-0.25, -0.2) is 4.68 Å². The molecule has 0 radical (unpaired) electrons. The number of nitrogens with zero attached hydrogens (tertiary/aromatic N) is 2. The van der Waals surface area contributed by atoms with Crippen molar-refractivity contribution in [2.24, 2.45) is 0 Å². The van der Waals surface area contributed by atoms with E-state index in [0.717, 1.165) is 41.2 Å². The Hall–Kier alpha value is -3.86. The van der Waals surface area contributed by atoms with E-state index in [1.165, 1.54) is 0 Å². The van der Waals surface area contributed by atoms with Gasteiger partial charge in [0.1, 0.15) is 12.4 Å². The molecular weight excluding hydrogens is 386 g/mol. The van der Waals surface area contributed by atoms with Crippen LogP contribution in [0.1, 0.15) is 40.4 Å². The van der Waals surface area contributed by atoms with Crippen LogP contribution in [0.2, 0.25) is 0 Å². The monoisotopic (exact) mass is 409 g/mol. The zero-order chi connectivity index (χ0) is 21.0. The molecular formula is C26H23N3O2. The van der Waals surface area contributed by atoms with Gasteiger partial charge < -0.3 is 10.1 Å². The van der Waals surface area contributed by atoms with Gasteiger partial charge in [0.05, 0.1) is 23.1 Å². The molecule has 5 rings (SSSR count). The van der Waals surface area contributed by atoms with Gasteiger partial charge in [-0.2, -0.15) is 5.10 Å². The molecule has 31 heavy (non-hydrogen) atoms. The molecule has 0 atom stereocenters. The Morgan fingerprint density at radius 3 is 2.29 bits per heavy atom. The molecule has 5 heteroatoms. The summed E-state index contributed by atoms with van der Waals surface area (Å²) >= 11 is 0. The van der Waals surface area contributed by atoms with Crippen molar-refractivity contribution in [2.75, 3.05) is 5.32 Å². The van der Waals surface area contributed by atoms with Gasteiger partial charge in [-0.05, 0) is 54.8 Å². The van der Waals surface area contributed by atoms with Gasteiger partial charge in [-0.1, -0.05) is 48.5 Å². The maximum atomic E-state index is 13.0. The van der Waals surface area contributed by atoms with E-state index in [1.54, 1.807) is 6.20 Å². The summed E-state index contributed by atoms with van der Waals surface area (Å²) in [6, 6.07) is 27.4.